The predicted molar refractivity (Wildman–Crippen MR) is 133 cm³/mol. The number of halogens is 1. The highest BCUT2D eigenvalue weighted by Gasteiger charge is 2.39. The number of amides is 1. The van der Waals surface area contributed by atoms with Crippen molar-refractivity contribution in [2.45, 2.75) is 35.3 Å². The number of carbonyl (C=O) groups excluding carboxylic acids is 1. The number of benzene rings is 2. The lowest BCUT2D eigenvalue weighted by Crippen LogP contribution is -2.55. The van der Waals surface area contributed by atoms with Crippen LogP contribution in [0.5, 0.6) is 11.5 Å². The van der Waals surface area contributed by atoms with Crippen molar-refractivity contribution in [2.24, 2.45) is 7.05 Å². The molecule has 1 aromatic heterocycles. The van der Waals surface area contributed by atoms with E-state index >= 15 is 0 Å². The van der Waals surface area contributed by atoms with E-state index in [1.54, 1.807) is 43.9 Å². The quantitative estimate of drug-likeness (QED) is 0.251. The lowest BCUT2D eigenvalue weighted by Gasteiger charge is -2.32. The van der Waals surface area contributed by atoms with E-state index < -0.39 is 26.7 Å². The molecule has 182 valence electrons. The maximum Gasteiger partial charge on any atom is 0.262 e. The fraction of sp³-hybridized carbons (Fsp3) is 0.273. The molecule has 34 heavy (non-hydrogen) atoms. The van der Waals surface area contributed by atoms with Crippen LogP contribution in [0.25, 0.3) is 0 Å². The van der Waals surface area contributed by atoms with Crippen LogP contribution in [0.1, 0.15) is 19.7 Å². The molecule has 0 aliphatic carbocycles. The van der Waals surface area contributed by atoms with Crippen LogP contribution in [-0.2, 0) is 27.6 Å². The van der Waals surface area contributed by atoms with Gasteiger partial charge >= 0.3 is 0 Å². The minimum absolute atomic E-state index is 0.0451. The average molecular weight is 570 g/mol. The predicted octanol–water partition coefficient (Wildman–Crippen LogP) is 3.84. The van der Waals surface area contributed by atoms with E-state index in [9.17, 15) is 18.4 Å². The number of rotatable bonds is 10. The first-order valence-corrected chi connectivity index (χ1v) is 13.4. The first-order valence-electron chi connectivity index (χ1n) is 10.1. The van der Waals surface area contributed by atoms with Crippen molar-refractivity contribution in [1.29, 1.82) is 0 Å². The molecule has 0 saturated heterocycles. The lowest BCUT2D eigenvalue weighted by atomic mass is 10.0. The Kier molecular flexibility index (Phi) is 8.42. The molecule has 3 N–H and O–H groups in total. The SMILES string of the molecule is Cn1ccnc1CSC(C)(C)[C@H](NS(=O)(=O)c1ccc(Oc2ccc(Br)cc2)cc1)C(=O)NO. The van der Waals surface area contributed by atoms with E-state index in [4.69, 9.17) is 4.74 Å². The van der Waals surface area contributed by atoms with Gasteiger partial charge < -0.3 is 9.30 Å². The molecule has 3 aromatic rings. The summed E-state index contributed by atoms with van der Waals surface area (Å²) in [6, 6.07) is 11.8. The van der Waals surface area contributed by atoms with Crippen LogP contribution < -0.4 is 14.9 Å². The summed E-state index contributed by atoms with van der Waals surface area (Å²) in [5, 5.41) is 9.25. The number of hydrogen-bond acceptors (Lipinski definition) is 7. The minimum atomic E-state index is -4.09. The number of aromatic nitrogens is 2. The smallest absolute Gasteiger partial charge is 0.262 e. The molecule has 0 spiro atoms. The van der Waals surface area contributed by atoms with Gasteiger partial charge in [-0.1, -0.05) is 15.9 Å². The van der Waals surface area contributed by atoms with Crippen molar-refractivity contribution < 1.29 is 23.2 Å². The molecule has 0 saturated carbocycles. The first-order chi connectivity index (χ1) is 16.0. The second-order valence-electron chi connectivity index (χ2n) is 7.90. The highest BCUT2D eigenvalue weighted by atomic mass is 79.9. The van der Waals surface area contributed by atoms with Crippen LogP contribution in [0.2, 0.25) is 0 Å². The topological polar surface area (TPSA) is 123 Å². The average Bonchev–Trinajstić information content (AvgIpc) is 3.22. The van der Waals surface area contributed by atoms with E-state index in [1.165, 1.54) is 36.0 Å². The fourth-order valence-corrected chi connectivity index (χ4v) is 5.79. The Bertz CT molecular complexity index is 1230. The van der Waals surface area contributed by atoms with Gasteiger partial charge in [-0.3, -0.25) is 10.0 Å². The van der Waals surface area contributed by atoms with Gasteiger partial charge in [-0.2, -0.15) is 4.72 Å². The van der Waals surface area contributed by atoms with E-state index in [-0.39, 0.29) is 4.90 Å². The zero-order chi connectivity index (χ0) is 24.9. The van der Waals surface area contributed by atoms with Gasteiger partial charge in [0.15, 0.2) is 0 Å². The molecule has 3 rings (SSSR count). The molecule has 1 atom stereocenters. The molecule has 12 heteroatoms. The van der Waals surface area contributed by atoms with E-state index in [0.29, 0.717) is 17.3 Å². The first kappa shape index (κ1) is 26.2. The van der Waals surface area contributed by atoms with Gasteiger partial charge in [0, 0.05) is 28.7 Å². The van der Waals surface area contributed by atoms with Crippen LogP contribution in [0, 0.1) is 0 Å². The van der Waals surface area contributed by atoms with Gasteiger partial charge in [-0.05, 0) is 62.4 Å². The molecule has 2 aromatic carbocycles. The Morgan fingerprint density at radius 2 is 1.76 bits per heavy atom. The molecule has 0 bridgehead atoms. The molecule has 0 radical (unpaired) electrons. The Labute approximate surface area is 211 Å². The number of sulfonamides is 1. The van der Waals surface area contributed by atoms with Crippen molar-refractivity contribution in [3.05, 3.63) is 71.2 Å². The third kappa shape index (κ3) is 6.60. The van der Waals surface area contributed by atoms with E-state index in [0.717, 1.165) is 10.3 Å². The third-order valence-electron chi connectivity index (χ3n) is 5.02. The van der Waals surface area contributed by atoms with Gasteiger partial charge in [-0.25, -0.2) is 18.9 Å². The molecule has 0 aliphatic heterocycles. The summed E-state index contributed by atoms with van der Waals surface area (Å²) in [6.07, 6.45) is 3.46. The molecule has 0 aliphatic rings. The molecule has 9 nitrogen and oxygen atoms in total. The second-order valence-corrected chi connectivity index (χ2v) is 12.2. The number of nitrogens with zero attached hydrogens (tertiary/aromatic N) is 2. The minimum Gasteiger partial charge on any atom is -0.457 e. The van der Waals surface area contributed by atoms with Crippen LogP contribution in [0.15, 0.2) is 70.3 Å². The van der Waals surface area contributed by atoms with Crippen LogP contribution >= 0.6 is 27.7 Å². The number of nitrogens with one attached hydrogen (secondary N) is 2. The highest BCUT2D eigenvalue weighted by molar-refractivity contribution is 9.10. The van der Waals surface area contributed by atoms with Gasteiger partial charge in [0.25, 0.3) is 5.91 Å². The Morgan fingerprint density at radius 1 is 1.18 bits per heavy atom. The largest absolute Gasteiger partial charge is 0.457 e. The summed E-state index contributed by atoms with van der Waals surface area (Å²) in [5.74, 6) is 1.40. The lowest BCUT2D eigenvalue weighted by molar-refractivity contribution is -0.131. The normalized spacial score (nSPS) is 12.9. The zero-order valence-electron chi connectivity index (χ0n) is 18.7. The van der Waals surface area contributed by atoms with Crippen LogP contribution in [0.4, 0.5) is 0 Å². The summed E-state index contributed by atoms with van der Waals surface area (Å²) in [7, 11) is -2.24. The Balaban J connectivity index is 1.75. The summed E-state index contributed by atoms with van der Waals surface area (Å²) >= 11 is 4.69. The molecule has 1 amide bonds. The monoisotopic (exact) mass is 568 g/mol. The number of carbonyl (C=O) groups is 1. The van der Waals surface area contributed by atoms with E-state index in [2.05, 4.69) is 25.6 Å². The van der Waals surface area contributed by atoms with Crippen LogP contribution in [0.3, 0.4) is 0 Å². The zero-order valence-corrected chi connectivity index (χ0v) is 21.9. The maximum absolute atomic E-state index is 13.1. The Morgan fingerprint density at radius 3 is 2.29 bits per heavy atom. The summed E-state index contributed by atoms with van der Waals surface area (Å²) in [4.78, 5) is 16.6. The number of aryl methyl sites for hydroxylation is 1. The van der Waals surface area contributed by atoms with Gasteiger partial charge in [0.2, 0.25) is 10.0 Å². The number of hydroxylamine groups is 1. The van der Waals surface area contributed by atoms with Gasteiger partial charge in [-0.15, -0.1) is 11.8 Å². The number of imidazole rings is 1. The molecule has 0 unspecified atom stereocenters. The third-order valence-corrected chi connectivity index (χ3v) is 8.37. The molecule has 0 fully saturated rings. The van der Waals surface area contributed by atoms with Gasteiger partial charge in [0.1, 0.15) is 23.4 Å². The van der Waals surface area contributed by atoms with Crippen molar-refractivity contribution >= 4 is 43.6 Å². The highest BCUT2D eigenvalue weighted by Crippen LogP contribution is 2.32. The van der Waals surface area contributed by atoms with Crippen molar-refractivity contribution in [2.75, 3.05) is 0 Å². The van der Waals surface area contributed by atoms with Gasteiger partial charge in [0.05, 0.1) is 10.6 Å². The molecular formula is C22H25BrN4O5S2. The van der Waals surface area contributed by atoms with E-state index in [1.807, 2.05) is 23.7 Å². The Hall–Kier alpha value is -2.38. The standard InChI is InChI=1S/C22H25BrN4O5S2/c1-22(2,33-14-19-24-12-13-27(19)3)20(21(28)25-29)26-34(30,31)18-10-8-17(9-11-18)32-16-6-4-15(23)5-7-16/h4-13,20,26,29H,14H2,1-3H3,(H,25,28)/t20-/m1/s1. The summed E-state index contributed by atoms with van der Waals surface area (Å²) in [6.45, 7) is 3.44. The molecule has 1 heterocycles. The van der Waals surface area contributed by atoms with Crippen LogP contribution in [-0.4, -0.2) is 39.9 Å². The molecular weight excluding hydrogens is 544 g/mol. The maximum atomic E-state index is 13.1. The van der Waals surface area contributed by atoms with Crippen molar-refractivity contribution in [3.63, 3.8) is 0 Å². The fourth-order valence-electron chi connectivity index (χ4n) is 2.99. The number of hydrogen-bond donors (Lipinski definition) is 3. The number of thioether (sulfide) groups is 1. The summed E-state index contributed by atoms with van der Waals surface area (Å²) < 4.78 is 36.1. The number of ether oxygens (including phenoxy) is 1. The second kappa shape index (κ2) is 10.9. The summed E-state index contributed by atoms with van der Waals surface area (Å²) in [5.41, 5.74) is 1.57. The van der Waals surface area contributed by atoms with Crippen molar-refractivity contribution in [1.82, 2.24) is 19.8 Å². The van der Waals surface area contributed by atoms with Crippen molar-refractivity contribution in [3.8, 4) is 11.5 Å².